The molecule has 0 atom stereocenters. The number of methoxy groups -OCH3 is 1. The topological polar surface area (TPSA) is 45.6 Å². The van der Waals surface area contributed by atoms with E-state index in [1.54, 1.807) is 7.11 Å². The van der Waals surface area contributed by atoms with E-state index in [1.807, 2.05) is 12.1 Å². The van der Waals surface area contributed by atoms with Crippen molar-refractivity contribution >= 4 is 5.69 Å². The Kier molecular flexibility index (Phi) is 5.02. The van der Waals surface area contributed by atoms with E-state index in [4.69, 9.17) is 4.74 Å². The molecule has 1 fully saturated rings. The van der Waals surface area contributed by atoms with Crippen molar-refractivity contribution in [3.05, 3.63) is 17.8 Å². The molecule has 4 heteroatoms. The number of nitrogens with zero attached hydrogens (tertiary/aromatic N) is 2. The number of aliphatic hydroxyl groups is 1. The Hall–Kier alpha value is -1.29. The second-order valence-electron chi connectivity index (χ2n) is 5.17. The fourth-order valence-electron chi connectivity index (χ4n) is 2.89. The zero-order chi connectivity index (χ0) is 13.7. The molecule has 1 aromatic heterocycles. The summed E-state index contributed by atoms with van der Waals surface area (Å²) < 4.78 is 5.12. The normalized spacial score (nSPS) is 15.7. The van der Waals surface area contributed by atoms with Gasteiger partial charge in [-0.3, -0.25) is 0 Å². The van der Waals surface area contributed by atoms with Gasteiger partial charge in [0.05, 0.1) is 25.1 Å². The van der Waals surface area contributed by atoms with Crippen molar-refractivity contribution in [3.8, 4) is 5.88 Å². The number of ether oxygens (including phenoxy) is 1. The SMILES string of the molecule is CCN(CC1CCCC1)c1ccc(OC)nc1CO. The average molecular weight is 264 g/mol. The number of hydrogen-bond acceptors (Lipinski definition) is 4. The predicted molar refractivity (Wildman–Crippen MR) is 76.6 cm³/mol. The van der Waals surface area contributed by atoms with Crippen LogP contribution in [0.2, 0.25) is 0 Å². The van der Waals surface area contributed by atoms with E-state index in [-0.39, 0.29) is 6.61 Å². The molecule has 0 bridgehead atoms. The Morgan fingerprint density at radius 3 is 2.68 bits per heavy atom. The van der Waals surface area contributed by atoms with Crippen LogP contribution >= 0.6 is 0 Å². The van der Waals surface area contributed by atoms with Crippen molar-refractivity contribution in [2.75, 3.05) is 25.1 Å². The fraction of sp³-hybridized carbons (Fsp3) is 0.667. The molecule has 0 aromatic carbocycles. The Bertz CT molecular complexity index is 403. The number of anilines is 1. The molecule has 0 amide bonds. The van der Waals surface area contributed by atoms with Crippen molar-refractivity contribution in [1.29, 1.82) is 0 Å². The minimum Gasteiger partial charge on any atom is -0.481 e. The van der Waals surface area contributed by atoms with E-state index in [1.165, 1.54) is 25.7 Å². The molecular weight excluding hydrogens is 240 g/mol. The third-order valence-corrected chi connectivity index (χ3v) is 3.96. The molecule has 0 spiro atoms. The second kappa shape index (κ2) is 6.75. The van der Waals surface area contributed by atoms with Gasteiger partial charge in [-0.15, -0.1) is 0 Å². The molecule has 1 aliphatic rings. The van der Waals surface area contributed by atoms with E-state index in [0.717, 1.165) is 24.7 Å². The van der Waals surface area contributed by atoms with Crippen molar-refractivity contribution in [1.82, 2.24) is 4.98 Å². The maximum Gasteiger partial charge on any atom is 0.213 e. The summed E-state index contributed by atoms with van der Waals surface area (Å²) in [6.45, 7) is 4.11. The Balaban J connectivity index is 2.16. The molecule has 2 rings (SSSR count). The first kappa shape index (κ1) is 14.1. The van der Waals surface area contributed by atoms with E-state index in [9.17, 15) is 5.11 Å². The lowest BCUT2D eigenvalue weighted by Gasteiger charge is -2.27. The van der Waals surface area contributed by atoms with Crippen LogP contribution in [0, 0.1) is 5.92 Å². The number of aromatic nitrogens is 1. The van der Waals surface area contributed by atoms with Gasteiger partial charge in [-0.1, -0.05) is 12.8 Å². The predicted octanol–water partition coefficient (Wildman–Crippen LogP) is 2.60. The average Bonchev–Trinajstić information content (AvgIpc) is 2.97. The molecular formula is C15H24N2O2. The van der Waals surface area contributed by atoms with Crippen molar-refractivity contribution in [2.24, 2.45) is 5.92 Å². The van der Waals surface area contributed by atoms with Crippen molar-refractivity contribution in [3.63, 3.8) is 0 Å². The third-order valence-electron chi connectivity index (χ3n) is 3.96. The smallest absolute Gasteiger partial charge is 0.213 e. The number of pyridine rings is 1. The summed E-state index contributed by atoms with van der Waals surface area (Å²) in [6, 6.07) is 3.88. The maximum absolute atomic E-state index is 9.50. The van der Waals surface area contributed by atoms with Gasteiger partial charge in [0.1, 0.15) is 0 Å². The van der Waals surface area contributed by atoms with Gasteiger partial charge in [-0.05, 0) is 31.7 Å². The van der Waals surface area contributed by atoms with Crippen LogP contribution in [0.15, 0.2) is 12.1 Å². The fourth-order valence-corrected chi connectivity index (χ4v) is 2.89. The summed E-state index contributed by atoms with van der Waals surface area (Å²) in [5, 5.41) is 9.50. The molecule has 1 N–H and O–H groups in total. The van der Waals surface area contributed by atoms with E-state index in [2.05, 4.69) is 16.8 Å². The number of aliphatic hydroxyl groups excluding tert-OH is 1. The first-order valence-electron chi connectivity index (χ1n) is 7.18. The highest BCUT2D eigenvalue weighted by atomic mass is 16.5. The third kappa shape index (κ3) is 3.38. The van der Waals surface area contributed by atoms with Crippen molar-refractivity contribution in [2.45, 2.75) is 39.2 Å². The number of hydrogen-bond donors (Lipinski definition) is 1. The largest absolute Gasteiger partial charge is 0.481 e. The summed E-state index contributed by atoms with van der Waals surface area (Å²) in [5.74, 6) is 1.35. The van der Waals surface area contributed by atoms with Gasteiger partial charge in [-0.2, -0.15) is 0 Å². The van der Waals surface area contributed by atoms with Gasteiger partial charge < -0.3 is 14.7 Å². The summed E-state index contributed by atoms with van der Waals surface area (Å²) >= 11 is 0. The molecule has 106 valence electrons. The molecule has 4 nitrogen and oxygen atoms in total. The highest BCUT2D eigenvalue weighted by molar-refractivity contribution is 5.51. The first-order chi connectivity index (χ1) is 9.28. The highest BCUT2D eigenvalue weighted by Gasteiger charge is 2.20. The molecule has 1 saturated carbocycles. The van der Waals surface area contributed by atoms with Crippen LogP contribution < -0.4 is 9.64 Å². The van der Waals surface area contributed by atoms with Gasteiger partial charge in [0.25, 0.3) is 0 Å². The van der Waals surface area contributed by atoms with Crippen molar-refractivity contribution < 1.29 is 9.84 Å². The van der Waals surface area contributed by atoms with Gasteiger partial charge in [-0.25, -0.2) is 4.98 Å². The second-order valence-corrected chi connectivity index (χ2v) is 5.17. The van der Waals surface area contributed by atoms with E-state index in [0.29, 0.717) is 11.6 Å². The zero-order valence-corrected chi connectivity index (χ0v) is 11.9. The molecule has 1 aromatic rings. The quantitative estimate of drug-likeness (QED) is 0.858. The van der Waals surface area contributed by atoms with Crippen LogP contribution in [0.25, 0.3) is 0 Å². The van der Waals surface area contributed by atoms with Gasteiger partial charge in [0.2, 0.25) is 5.88 Å². The molecule has 0 aliphatic heterocycles. The molecule has 1 heterocycles. The van der Waals surface area contributed by atoms with Crippen LogP contribution in [0.5, 0.6) is 5.88 Å². The monoisotopic (exact) mass is 264 g/mol. The minimum atomic E-state index is -0.0479. The standard InChI is InChI=1S/C15H24N2O2/c1-3-17(10-12-6-4-5-7-12)14-8-9-15(19-2)16-13(14)11-18/h8-9,12,18H,3-7,10-11H2,1-2H3. The number of rotatable bonds is 6. The summed E-state index contributed by atoms with van der Waals surface area (Å²) in [5.41, 5.74) is 1.75. The lowest BCUT2D eigenvalue weighted by Crippen LogP contribution is -2.29. The van der Waals surface area contributed by atoms with Gasteiger partial charge in [0.15, 0.2) is 0 Å². The molecule has 1 aliphatic carbocycles. The minimum absolute atomic E-state index is 0.0479. The first-order valence-corrected chi connectivity index (χ1v) is 7.18. The van der Waals surface area contributed by atoms with E-state index >= 15 is 0 Å². The Labute approximate surface area is 115 Å². The van der Waals surface area contributed by atoms with Crippen LogP contribution in [0.1, 0.15) is 38.3 Å². The summed E-state index contributed by atoms with van der Waals surface area (Å²) in [6.07, 6.45) is 5.37. The van der Waals surface area contributed by atoms with Gasteiger partial charge >= 0.3 is 0 Å². The molecule has 0 unspecified atom stereocenters. The maximum atomic E-state index is 9.50. The summed E-state index contributed by atoms with van der Waals surface area (Å²) in [7, 11) is 1.60. The summed E-state index contributed by atoms with van der Waals surface area (Å²) in [4.78, 5) is 6.67. The zero-order valence-electron chi connectivity index (χ0n) is 11.9. The van der Waals surface area contributed by atoms with Crippen LogP contribution in [0.4, 0.5) is 5.69 Å². The Morgan fingerprint density at radius 2 is 2.11 bits per heavy atom. The molecule has 0 radical (unpaired) electrons. The lowest BCUT2D eigenvalue weighted by atomic mass is 10.1. The highest BCUT2D eigenvalue weighted by Crippen LogP contribution is 2.29. The van der Waals surface area contributed by atoms with E-state index < -0.39 is 0 Å². The Morgan fingerprint density at radius 1 is 1.37 bits per heavy atom. The molecule has 0 saturated heterocycles. The van der Waals surface area contributed by atoms with Gasteiger partial charge in [0, 0.05) is 19.2 Å². The molecule has 19 heavy (non-hydrogen) atoms. The lowest BCUT2D eigenvalue weighted by molar-refractivity contribution is 0.274. The van der Waals surface area contributed by atoms with Crippen LogP contribution in [-0.2, 0) is 6.61 Å². The van der Waals surface area contributed by atoms with Crippen LogP contribution in [-0.4, -0.2) is 30.3 Å². The van der Waals surface area contributed by atoms with Crippen LogP contribution in [0.3, 0.4) is 0 Å².